The van der Waals surface area contributed by atoms with E-state index in [1.807, 2.05) is 30.3 Å². The molecule has 4 aromatic rings. The Morgan fingerprint density at radius 1 is 0.970 bits per heavy atom. The molecule has 33 heavy (non-hydrogen) atoms. The molecule has 0 aromatic heterocycles. The Morgan fingerprint density at radius 3 is 2.58 bits per heavy atom. The SMILES string of the molecule is COc1cc(/C=N/NC(=O)c2cccc(Br)c2)c(Br)cc1OCc1cccc2ccccc12. The molecule has 4 rings (SSSR count). The van der Waals surface area contributed by atoms with Crippen molar-refractivity contribution in [1.29, 1.82) is 0 Å². The van der Waals surface area contributed by atoms with Gasteiger partial charge >= 0.3 is 0 Å². The number of carbonyl (C=O) groups excluding carboxylic acids is 1. The van der Waals surface area contributed by atoms with E-state index in [9.17, 15) is 4.79 Å². The Hall–Kier alpha value is -3.16. The molecular formula is C26H20Br2N2O3. The quantitative estimate of drug-likeness (QED) is 0.199. The van der Waals surface area contributed by atoms with Crippen molar-refractivity contribution in [3.8, 4) is 11.5 Å². The summed E-state index contributed by atoms with van der Waals surface area (Å²) in [5.74, 6) is 0.872. The molecule has 0 aliphatic heterocycles. The highest BCUT2D eigenvalue weighted by molar-refractivity contribution is 9.10. The molecule has 0 saturated carbocycles. The molecule has 0 atom stereocenters. The summed E-state index contributed by atoms with van der Waals surface area (Å²) in [6.45, 7) is 0.403. The molecule has 0 heterocycles. The Bertz CT molecular complexity index is 1330. The number of nitrogens with zero attached hydrogens (tertiary/aromatic N) is 1. The fourth-order valence-electron chi connectivity index (χ4n) is 3.35. The van der Waals surface area contributed by atoms with Crippen molar-refractivity contribution in [2.75, 3.05) is 7.11 Å². The maximum absolute atomic E-state index is 12.3. The van der Waals surface area contributed by atoms with E-state index < -0.39 is 0 Å². The summed E-state index contributed by atoms with van der Waals surface area (Å²) in [7, 11) is 1.59. The van der Waals surface area contributed by atoms with Gasteiger partial charge in [-0.2, -0.15) is 5.10 Å². The molecule has 1 N–H and O–H groups in total. The summed E-state index contributed by atoms with van der Waals surface area (Å²) >= 11 is 6.91. The van der Waals surface area contributed by atoms with Crippen LogP contribution in [0.2, 0.25) is 0 Å². The normalized spacial score (nSPS) is 11.0. The van der Waals surface area contributed by atoms with Gasteiger partial charge in [0, 0.05) is 20.1 Å². The lowest BCUT2D eigenvalue weighted by Crippen LogP contribution is -2.17. The van der Waals surface area contributed by atoms with Crippen LogP contribution in [-0.2, 0) is 6.61 Å². The van der Waals surface area contributed by atoms with Gasteiger partial charge in [0.2, 0.25) is 0 Å². The summed E-state index contributed by atoms with van der Waals surface area (Å²) in [4.78, 5) is 12.3. The van der Waals surface area contributed by atoms with Gasteiger partial charge in [0.15, 0.2) is 11.5 Å². The van der Waals surface area contributed by atoms with Gasteiger partial charge in [-0.1, -0.05) is 64.5 Å². The Kier molecular flexibility index (Phi) is 7.42. The minimum atomic E-state index is -0.300. The monoisotopic (exact) mass is 566 g/mol. The van der Waals surface area contributed by atoms with Crippen LogP contribution in [0.3, 0.4) is 0 Å². The molecule has 0 radical (unpaired) electrons. The van der Waals surface area contributed by atoms with Crippen LogP contribution in [0.1, 0.15) is 21.5 Å². The fraction of sp³-hybridized carbons (Fsp3) is 0.0769. The zero-order valence-corrected chi connectivity index (χ0v) is 20.9. The van der Waals surface area contributed by atoms with Gasteiger partial charge in [0.1, 0.15) is 6.61 Å². The fourth-order valence-corrected chi connectivity index (χ4v) is 4.17. The maximum atomic E-state index is 12.3. The van der Waals surface area contributed by atoms with Crippen LogP contribution in [0.4, 0.5) is 0 Å². The number of benzene rings is 4. The number of hydrazone groups is 1. The number of methoxy groups -OCH3 is 1. The van der Waals surface area contributed by atoms with Crippen molar-refractivity contribution < 1.29 is 14.3 Å². The van der Waals surface area contributed by atoms with E-state index in [1.54, 1.807) is 37.6 Å². The lowest BCUT2D eigenvalue weighted by molar-refractivity contribution is 0.0955. The van der Waals surface area contributed by atoms with Crippen molar-refractivity contribution in [1.82, 2.24) is 5.43 Å². The third-order valence-electron chi connectivity index (χ3n) is 5.00. The zero-order valence-electron chi connectivity index (χ0n) is 17.7. The topological polar surface area (TPSA) is 59.9 Å². The lowest BCUT2D eigenvalue weighted by Gasteiger charge is -2.14. The van der Waals surface area contributed by atoms with Gasteiger partial charge < -0.3 is 9.47 Å². The number of fused-ring (bicyclic) bond motifs is 1. The second-order valence-corrected chi connectivity index (χ2v) is 8.93. The molecule has 0 spiro atoms. The molecule has 0 fully saturated rings. The number of rotatable bonds is 7. The molecule has 4 aromatic carbocycles. The highest BCUT2D eigenvalue weighted by Crippen LogP contribution is 2.34. The van der Waals surface area contributed by atoms with Crippen LogP contribution < -0.4 is 14.9 Å². The first-order chi connectivity index (χ1) is 16.0. The first-order valence-corrected chi connectivity index (χ1v) is 11.7. The van der Waals surface area contributed by atoms with Crippen molar-refractivity contribution >= 4 is 54.8 Å². The predicted octanol–water partition coefficient (Wildman–Crippen LogP) is 6.72. The van der Waals surface area contributed by atoms with E-state index in [0.29, 0.717) is 23.7 Å². The number of nitrogens with one attached hydrogen (secondary N) is 1. The molecule has 7 heteroatoms. The van der Waals surface area contributed by atoms with Crippen molar-refractivity contribution in [2.24, 2.45) is 5.10 Å². The van der Waals surface area contributed by atoms with Gasteiger partial charge in [-0.25, -0.2) is 5.43 Å². The van der Waals surface area contributed by atoms with Gasteiger partial charge in [-0.05, 0) is 62.6 Å². The van der Waals surface area contributed by atoms with Crippen LogP contribution in [0.25, 0.3) is 10.8 Å². The largest absolute Gasteiger partial charge is 0.493 e. The Balaban J connectivity index is 1.48. The molecule has 0 unspecified atom stereocenters. The minimum Gasteiger partial charge on any atom is -0.493 e. The average molecular weight is 568 g/mol. The molecule has 166 valence electrons. The number of carbonyl (C=O) groups is 1. The first-order valence-electron chi connectivity index (χ1n) is 10.1. The molecule has 1 amide bonds. The van der Waals surface area contributed by atoms with Crippen LogP contribution in [0, 0.1) is 0 Å². The average Bonchev–Trinajstić information content (AvgIpc) is 2.83. The first kappa shape index (κ1) is 23.0. The molecule has 5 nitrogen and oxygen atoms in total. The highest BCUT2D eigenvalue weighted by Gasteiger charge is 2.11. The van der Waals surface area contributed by atoms with Crippen molar-refractivity contribution in [2.45, 2.75) is 6.61 Å². The minimum absolute atomic E-state index is 0.300. The number of ether oxygens (including phenoxy) is 2. The number of hydrogen-bond donors (Lipinski definition) is 1. The Morgan fingerprint density at radius 2 is 1.76 bits per heavy atom. The maximum Gasteiger partial charge on any atom is 0.271 e. The zero-order chi connectivity index (χ0) is 23.2. The van der Waals surface area contributed by atoms with Gasteiger partial charge in [-0.3, -0.25) is 4.79 Å². The molecule has 0 saturated heterocycles. The van der Waals surface area contributed by atoms with Crippen LogP contribution >= 0.6 is 31.9 Å². The number of amides is 1. The van der Waals surface area contributed by atoms with Crippen LogP contribution in [0.15, 0.2) is 92.9 Å². The lowest BCUT2D eigenvalue weighted by atomic mass is 10.1. The van der Waals surface area contributed by atoms with E-state index in [4.69, 9.17) is 9.47 Å². The molecule has 0 aliphatic carbocycles. The van der Waals surface area contributed by atoms with Gasteiger partial charge in [0.25, 0.3) is 5.91 Å². The second-order valence-electron chi connectivity index (χ2n) is 7.16. The summed E-state index contributed by atoms with van der Waals surface area (Å²) in [5, 5.41) is 6.40. The molecular weight excluding hydrogens is 548 g/mol. The van der Waals surface area contributed by atoms with Gasteiger partial charge in [0.05, 0.1) is 13.3 Å². The van der Waals surface area contributed by atoms with Crippen molar-refractivity contribution in [3.05, 3.63) is 104 Å². The second kappa shape index (κ2) is 10.6. The third kappa shape index (κ3) is 5.61. The predicted molar refractivity (Wildman–Crippen MR) is 138 cm³/mol. The van der Waals surface area contributed by atoms with E-state index in [1.165, 1.54) is 5.39 Å². The highest BCUT2D eigenvalue weighted by atomic mass is 79.9. The van der Waals surface area contributed by atoms with E-state index in [2.05, 4.69) is 66.7 Å². The van der Waals surface area contributed by atoms with E-state index >= 15 is 0 Å². The molecule has 0 bridgehead atoms. The standard InChI is InChI=1S/C26H20Br2N2O3/c1-32-24-13-20(15-29-30-26(31)18-8-5-10-21(27)12-18)23(28)14-25(24)33-16-19-9-4-7-17-6-2-3-11-22(17)19/h2-15H,16H2,1H3,(H,30,31)/b29-15+. The van der Waals surface area contributed by atoms with Gasteiger partial charge in [-0.15, -0.1) is 0 Å². The van der Waals surface area contributed by atoms with Crippen molar-refractivity contribution in [3.63, 3.8) is 0 Å². The molecule has 0 aliphatic rings. The number of halogens is 2. The smallest absolute Gasteiger partial charge is 0.271 e. The summed E-state index contributed by atoms with van der Waals surface area (Å²) in [5.41, 5.74) is 4.87. The summed E-state index contributed by atoms with van der Waals surface area (Å²) < 4.78 is 13.2. The van der Waals surface area contributed by atoms with E-state index in [0.717, 1.165) is 25.5 Å². The summed E-state index contributed by atoms with van der Waals surface area (Å²) in [6.07, 6.45) is 1.55. The number of hydrogen-bond acceptors (Lipinski definition) is 4. The van der Waals surface area contributed by atoms with E-state index in [-0.39, 0.29) is 5.91 Å². The summed E-state index contributed by atoms with van der Waals surface area (Å²) in [6, 6.07) is 25.1. The van der Waals surface area contributed by atoms with Crippen LogP contribution in [0.5, 0.6) is 11.5 Å². The van der Waals surface area contributed by atoms with Crippen LogP contribution in [-0.4, -0.2) is 19.2 Å². The third-order valence-corrected chi connectivity index (χ3v) is 6.18. The Labute approximate surface area is 208 Å².